The largest absolute Gasteiger partial charge is 0.299 e. The van der Waals surface area contributed by atoms with Crippen molar-refractivity contribution in [3.8, 4) is 0 Å². The lowest BCUT2D eigenvalue weighted by Crippen LogP contribution is -2.44. The predicted molar refractivity (Wildman–Crippen MR) is 75.7 cm³/mol. The van der Waals surface area contributed by atoms with Crippen molar-refractivity contribution in [3.05, 3.63) is 40.8 Å². The van der Waals surface area contributed by atoms with Gasteiger partial charge >= 0.3 is 0 Å². The summed E-state index contributed by atoms with van der Waals surface area (Å²) in [6, 6.07) is 6.46. The normalized spacial score (nSPS) is 19.0. The maximum atomic E-state index is 12.2. The summed E-state index contributed by atoms with van der Waals surface area (Å²) >= 11 is 1.37. The first kappa shape index (κ1) is 14.5. The van der Waals surface area contributed by atoms with Crippen LogP contribution in [0.15, 0.2) is 40.1 Å². The van der Waals surface area contributed by atoms with E-state index in [-0.39, 0.29) is 4.90 Å². The molecule has 1 aliphatic rings. The van der Waals surface area contributed by atoms with Crippen molar-refractivity contribution in [2.75, 3.05) is 6.54 Å². The minimum absolute atomic E-state index is 0.106. The van der Waals surface area contributed by atoms with Gasteiger partial charge in [-0.1, -0.05) is 29.6 Å². The second-order valence-corrected chi connectivity index (χ2v) is 6.85. The SMILES string of the molecule is Cc1ccc(S(=O)(=O)OC(C)(N)C2=CSNC2)cc1. The third-order valence-corrected chi connectivity index (χ3v) is 4.91. The van der Waals surface area contributed by atoms with E-state index in [2.05, 4.69) is 4.72 Å². The second-order valence-electron chi connectivity index (χ2n) is 4.54. The van der Waals surface area contributed by atoms with Gasteiger partial charge in [-0.2, -0.15) is 8.42 Å². The topological polar surface area (TPSA) is 81.4 Å². The number of benzene rings is 1. The molecule has 1 unspecified atom stereocenters. The van der Waals surface area contributed by atoms with Crippen molar-refractivity contribution in [1.29, 1.82) is 0 Å². The summed E-state index contributed by atoms with van der Waals surface area (Å²) in [5.74, 6) is 0. The minimum atomic E-state index is -3.88. The molecular weight excluding hydrogens is 284 g/mol. The van der Waals surface area contributed by atoms with E-state index in [1.165, 1.54) is 31.0 Å². The highest BCUT2D eigenvalue weighted by atomic mass is 32.2. The van der Waals surface area contributed by atoms with E-state index in [1.807, 2.05) is 6.92 Å². The van der Waals surface area contributed by atoms with Crippen LogP contribution in [0.3, 0.4) is 0 Å². The molecule has 1 aromatic rings. The van der Waals surface area contributed by atoms with E-state index in [1.54, 1.807) is 17.5 Å². The number of hydrogen-bond acceptors (Lipinski definition) is 6. The van der Waals surface area contributed by atoms with Gasteiger partial charge in [-0.25, -0.2) is 4.18 Å². The Morgan fingerprint density at radius 2 is 2.00 bits per heavy atom. The van der Waals surface area contributed by atoms with Crippen molar-refractivity contribution in [1.82, 2.24) is 4.72 Å². The van der Waals surface area contributed by atoms with Crippen LogP contribution in [-0.2, 0) is 14.3 Å². The summed E-state index contributed by atoms with van der Waals surface area (Å²) in [5.41, 5.74) is 6.29. The molecule has 0 spiro atoms. The van der Waals surface area contributed by atoms with Gasteiger partial charge in [0.15, 0.2) is 5.72 Å². The summed E-state index contributed by atoms with van der Waals surface area (Å²) in [7, 11) is -3.88. The molecule has 0 bridgehead atoms. The molecule has 0 saturated heterocycles. The van der Waals surface area contributed by atoms with E-state index in [4.69, 9.17) is 9.92 Å². The maximum Gasteiger partial charge on any atom is 0.299 e. The first-order valence-electron chi connectivity index (χ1n) is 5.70. The van der Waals surface area contributed by atoms with Gasteiger partial charge in [0.05, 0.1) is 4.90 Å². The van der Waals surface area contributed by atoms with Gasteiger partial charge in [0, 0.05) is 6.54 Å². The molecule has 0 aliphatic carbocycles. The number of hydrogen-bond donors (Lipinski definition) is 2. The van der Waals surface area contributed by atoms with Crippen molar-refractivity contribution in [2.45, 2.75) is 24.5 Å². The predicted octanol–water partition coefficient (Wildman–Crippen LogP) is 1.51. The molecule has 0 fully saturated rings. The van der Waals surface area contributed by atoms with Crippen LogP contribution in [0.1, 0.15) is 12.5 Å². The van der Waals surface area contributed by atoms with Gasteiger partial charge in [0.25, 0.3) is 10.1 Å². The zero-order chi connectivity index (χ0) is 14.1. The molecule has 5 nitrogen and oxygen atoms in total. The van der Waals surface area contributed by atoms with E-state index >= 15 is 0 Å². The van der Waals surface area contributed by atoms with Gasteiger partial charge in [-0.3, -0.25) is 10.5 Å². The number of rotatable bonds is 4. The van der Waals surface area contributed by atoms with Crippen LogP contribution in [0.4, 0.5) is 0 Å². The van der Waals surface area contributed by atoms with Crippen LogP contribution in [0.5, 0.6) is 0 Å². The summed E-state index contributed by atoms with van der Waals surface area (Å²) in [6.07, 6.45) is 0. The Labute approximate surface area is 117 Å². The second kappa shape index (κ2) is 5.26. The molecule has 0 aromatic heterocycles. The van der Waals surface area contributed by atoms with Crippen LogP contribution >= 0.6 is 11.9 Å². The van der Waals surface area contributed by atoms with Crippen molar-refractivity contribution < 1.29 is 12.6 Å². The highest BCUT2D eigenvalue weighted by Crippen LogP contribution is 2.26. The number of nitrogens with two attached hydrogens (primary N) is 1. The van der Waals surface area contributed by atoms with Crippen LogP contribution < -0.4 is 10.5 Å². The molecule has 0 saturated carbocycles. The molecule has 1 heterocycles. The molecule has 0 amide bonds. The third-order valence-electron chi connectivity index (χ3n) is 2.78. The molecule has 7 heteroatoms. The first-order valence-corrected chi connectivity index (χ1v) is 7.99. The van der Waals surface area contributed by atoms with Gasteiger partial charge in [-0.15, -0.1) is 0 Å². The highest BCUT2D eigenvalue weighted by molar-refractivity contribution is 8.00. The van der Waals surface area contributed by atoms with Crippen LogP contribution in [0, 0.1) is 6.92 Å². The van der Waals surface area contributed by atoms with Crippen LogP contribution in [-0.4, -0.2) is 20.7 Å². The molecule has 104 valence electrons. The Morgan fingerprint density at radius 1 is 1.37 bits per heavy atom. The van der Waals surface area contributed by atoms with Crippen LogP contribution in [0.25, 0.3) is 0 Å². The van der Waals surface area contributed by atoms with E-state index in [9.17, 15) is 8.42 Å². The van der Waals surface area contributed by atoms with Gasteiger partial charge in [0.1, 0.15) is 0 Å². The lowest BCUT2D eigenvalue weighted by molar-refractivity contribution is 0.143. The Balaban J connectivity index is 2.23. The highest BCUT2D eigenvalue weighted by Gasteiger charge is 2.33. The number of aryl methyl sites for hydroxylation is 1. The summed E-state index contributed by atoms with van der Waals surface area (Å²) in [5, 5.41) is 1.77. The molecule has 1 aliphatic heterocycles. The molecule has 3 N–H and O–H groups in total. The minimum Gasteiger partial charge on any atom is -0.299 e. The lowest BCUT2D eigenvalue weighted by atomic mass is 10.1. The fourth-order valence-corrected chi connectivity index (χ4v) is 3.51. The lowest BCUT2D eigenvalue weighted by Gasteiger charge is -2.25. The molecule has 19 heavy (non-hydrogen) atoms. The maximum absolute atomic E-state index is 12.2. The number of nitrogens with one attached hydrogen (secondary N) is 1. The van der Waals surface area contributed by atoms with E-state index < -0.39 is 15.8 Å². The zero-order valence-electron chi connectivity index (χ0n) is 10.7. The van der Waals surface area contributed by atoms with Gasteiger partial charge in [-0.05, 0) is 37.0 Å². The van der Waals surface area contributed by atoms with Gasteiger partial charge < -0.3 is 0 Å². The van der Waals surface area contributed by atoms with Crippen molar-refractivity contribution >= 4 is 22.1 Å². The smallest absolute Gasteiger partial charge is 0.299 e. The molecule has 2 rings (SSSR count). The Hall–Kier alpha value is -0.860. The molecular formula is C12H16N2O3S2. The Morgan fingerprint density at radius 3 is 2.53 bits per heavy atom. The average Bonchev–Trinajstić information content (AvgIpc) is 2.82. The summed E-state index contributed by atoms with van der Waals surface area (Å²) in [4.78, 5) is 0.106. The summed E-state index contributed by atoms with van der Waals surface area (Å²) < 4.78 is 32.5. The Bertz CT molecular complexity index is 592. The standard InChI is InChI=1S/C12H16N2O3S2/c1-9-3-5-11(6-4-9)19(15,16)17-12(2,13)10-7-14-18-8-10/h3-6,8,14H,7,13H2,1-2H3. The molecule has 1 aromatic carbocycles. The zero-order valence-corrected chi connectivity index (χ0v) is 12.3. The van der Waals surface area contributed by atoms with Crippen molar-refractivity contribution in [2.24, 2.45) is 5.73 Å². The third kappa shape index (κ3) is 3.37. The van der Waals surface area contributed by atoms with Gasteiger partial charge in [0.2, 0.25) is 0 Å². The average molecular weight is 300 g/mol. The first-order chi connectivity index (χ1) is 8.81. The van der Waals surface area contributed by atoms with E-state index in [0.717, 1.165) is 5.56 Å². The Kier molecular flexibility index (Phi) is 4.03. The quantitative estimate of drug-likeness (QED) is 0.498. The summed E-state index contributed by atoms with van der Waals surface area (Å²) in [6.45, 7) is 3.93. The molecule has 0 radical (unpaired) electrons. The fourth-order valence-electron chi connectivity index (χ4n) is 1.60. The fraction of sp³-hybridized carbons (Fsp3) is 0.333. The molecule has 1 atom stereocenters. The van der Waals surface area contributed by atoms with E-state index in [0.29, 0.717) is 12.1 Å². The monoisotopic (exact) mass is 300 g/mol. The van der Waals surface area contributed by atoms with Crippen molar-refractivity contribution in [3.63, 3.8) is 0 Å². The van der Waals surface area contributed by atoms with Crippen LogP contribution in [0.2, 0.25) is 0 Å².